The van der Waals surface area contributed by atoms with Crippen LogP contribution in [0.25, 0.3) is 0 Å². The first-order valence-electron chi connectivity index (χ1n) is 4.94. The van der Waals surface area contributed by atoms with Crippen LogP contribution in [0.2, 0.25) is 0 Å². The van der Waals surface area contributed by atoms with Crippen LogP contribution in [0, 0.1) is 0 Å². The molecule has 0 saturated carbocycles. The van der Waals surface area contributed by atoms with Gasteiger partial charge in [-0.3, -0.25) is 9.59 Å². The molecule has 0 spiro atoms. The summed E-state index contributed by atoms with van der Waals surface area (Å²) in [5, 5.41) is 5.30. The Morgan fingerprint density at radius 1 is 1.14 bits per heavy atom. The van der Waals surface area contributed by atoms with Gasteiger partial charge in [0.15, 0.2) is 0 Å². The lowest BCUT2D eigenvalue weighted by molar-refractivity contribution is -0.122. The number of hydrogen-bond donors (Lipinski definition) is 3. The Morgan fingerprint density at radius 2 is 1.79 bits per heavy atom. The van der Waals surface area contributed by atoms with E-state index in [9.17, 15) is 9.59 Å². The van der Waals surface area contributed by atoms with Crippen molar-refractivity contribution in [3.8, 4) is 0 Å². The minimum Gasteiger partial charge on any atom is -0.356 e. The highest BCUT2D eigenvalue weighted by atomic mass is 16.2. The molecule has 0 fully saturated rings. The van der Waals surface area contributed by atoms with Gasteiger partial charge in [-0.2, -0.15) is 0 Å². The molecule has 0 unspecified atom stereocenters. The summed E-state index contributed by atoms with van der Waals surface area (Å²) in [6, 6.07) is 0. The van der Waals surface area contributed by atoms with Crippen LogP contribution in [0.4, 0.5) is 0 Å². The van der Waals surface area contributed by atoms with Crippen LogP contribution in [-0.4, -0.2) is 31.4 Å². The fraction of sp³-hybridized carbons (Fsp3) is 0.778. The highest BCUT2D eigenvalue weighted by Crippen LogP contribution is 1.85. The van der Waals surface area contributed by atoms with Gasteiger partial charge in [0.1, 0.15) is 0 Å². The zero-order valence-electron chi connectivity index (χ0n) is 8.64. The molecule has 0 rings (SSSR count). The molecule has 0 aromatic carbocycles. The van der Waals surface area contributed by atoms with Gasteiger partial charge in [-0.15, -0.1) is 0 Å². The van der Waals surface area contributed by atoms with Crippen LogP contribution >= 0.6 is 0 Å². The third kappa shape index (κ3) is 7.54. The van der Waals surface area contributed by atoms with Crippen molar-refractivity contribution in [2.75, 3.05) is 19.6 Å². The molecule has 0 aromatic heterocycles. The zero-order valence-corrected chi connectivity index (χ0v) is 8.64. The number of carbonyl (C=O) groups is 2. The van der Waals surface area contributed by atoms with E-state index < -0.39 is 0 Å². The summed E-state index contributed by atoms with van der Waals surface area (Å²) in [4.78, 5) is 22.0. The molecule has 82 valence electrons. The van der Waals surface area contributed by atoms with Crippen molar-refractivity contribution in [1.82, 2.24) is 10.6 Å². The van der Waals surface area contributed by atoms with E-state index in [1.807, 2.05) is 6.92 Å². The monoisotopic (exact) mass is 201 g/mol. The molecule has 0 saturated heterocycles. The minimum atomic E-state index is -0.0419. The molecule has 4 N–H and O–H groups in total. The van der Waals surface area contributed by atoms with E-state index in [0.717, 1.165) is 0 Å². The van der Waals surface area contributed by atoms with Gasteiger partial charge in [0, 0.05) is 25.9 Å². The summed E-state index contributed by atoms with van der Waals surface area (Å²) >= 11 is 0. The Morgan fingerprint density at radius 3 is 2.36 bits per heavy atom. The third-order valence-electron chi connectivity index (χ3n) is 1.66. The lowest BCUT2D eigenvalue weighted by Gasteiger charge is -2.04. The molecule has 0 bridgehead atoms. The number of hydrogen-bond acceptors (Lipinski definition) is 3. The molecule has 0 heterocycles. The van der Waals surface area contributed by atoms with Gasteiger partial charge in [-0.05, 0) is 19.9 Å². The van der Waals surface area contributed by atoms with Crippen molar-refractivity contribution < 1.29 is 9.59 Å². The van der Waals surface area contributed by atoms with Gasteiger partial charge in [0.05, 0.1) is 0 Å². The number of rotatable bonds is 7. The Bertz CT molecular complexity index is 183. The van der Waals surface area contributed by atoms with E-state index in [0.29, 0.717) is 38.9 Å². The maximum absolute atomic E-state index is 11.0. The molecule has 5 heteroatoms. The normalized spacial score (nSPS) is 9.57. The molecule has 0 aliphatic heterocycles. The summed E-state index contributed by atoms with van der Waals surface area (Å²) in [5.41, 5.74) is 5.25. The van der Waals surface area contributed by atoms with Crippen LogP contribution in [0.3, 0.4) is 0 Å². The van der Waals surface area contributed by atoms with E-state index in [1.165, 1.54) is 0 Å². The number of carbonyl (C=O) groups excluding carboxylic acids is 2. The molecular formula is C9H19N3O2. The standard InChI is InChI=1S/C9H19N3O2/c1-2-11-9(14)5-7-12-8(13)4-3-6-10/h2-7,10H2,1H3,(H,11,14)(H,12,13). The minimum absolute atomic E-state index is 0.0355. The molecule has 5 nitrogen and oxygen atoms in total. The Labute approximate surface area is 84.4 Å². The lowest BCUT2D eigenvalue weighted by atomic mass is 10.3. The van der Waals surface area contributed by atoms with Gasteiger partial charge in [-0.25, -0.2) is 0 Å². The summed E-state index contributed by atoms with van der Waals surface area (Å²) in [6.07, 6.45) is 1.46. The molecule has 0 aromatic rings. The van der Waals surface area contributed by atoms with E-state index in [1.54, 1.807) is 0 Å². The summed E-state index contributed by atoms with van der Waals surface area (Å²) in [5.74, 6) is -0.0774. The highest BCUT2D eigenvalue weighted by molar-refractivity contribution is 5.78. The smallest absolute Gasteiger partial charge is 0.221 e. The summed E-state index contributed by atoms with van der Waals surface area (Å²) in [7, 11) is 0. The van der Waals surface area contributed by atoms with Crippen LogP contribution in [0.1, 0.15) is 26.2 Å². The van der Waals surface area contributed by atoms with E-state index in [2.05, 4.69) is 10.6 Å². The molecule has 2 amide bonds. The van der Waals surface area contributed by atoms with Crippen LogP contribution in [-0.2, 0) is 9.59 Å². The second-order valence-corrected chi connectivity index (χ2v) is 2.95. The molecule has 0 aliphatic carbocycles. The second-order valence-electron chi connectivity index (χ2n) is 2.95. The van der Waals surface area contributed by atoms with Gasteiger partial charge >= 0.3 is 0 Å². The number of nitrogens with one attached hydrogen (secondary N) is 2. The van der Waals surface area contributed by atoms with E-state index in [-0.39, 0.29) is 11.8 Å². The van der Waals surface area contributed by atoms with Crippen molar-refractivity contribution in [3.05, 3.63) is 0 Å². The van der Waals surface area contributed by atoms with Crippen molar-refractivity contribution in [1.29, 1.82) is 0 Å². The number of amides is 2. The van der Waals surface area contributed by atoms with Gasteiger partial charge in [-0.1, -0.05) is 0 Å². The Kier molecular flexibility index (Phi) is 7.83. The Balaban J connectivity index is 3.34. The largest absolute Gasteiger partial charge is 0.356 e. The van der Waals surface area contributed by atoms with Gasteiger partial charge in [0.25, 0.3) is 0 Å². The van der Waals surface area contributed by atoms with Crippen LogP contribution in [0.15, 0.2) is 0 Å². The van der Waals surface area contributed by atoms with Crippen LogP contribution in [0.5, 0.6) is 0 Å². The van der Waals surface area contributed by atoms with E-state index >= 15 is 0 Å². The van der Waals surface area contributed by atoms with E-state index in [4.69, 9.17) is 5.73 Å². The molecule has 14 heavy (non-hydrogen) atoms. The summed E-state index contributed by atoms with van der Waals surface area (Å²) < 4.78 is 0. The average molecular weight is 201 g/mol. The fourth-order valence-electron chi connectivity index (χ4n) is 0.952. The predicted molar refractivity (Wildman–Crippen MR) is 54.6 cm³/mol. The van der Waals surface area contributed by atoms with Crippen molar-refractivity contribution in [2.24, 2.45) is 5.73 Å². The maximum atomic E-state index is 11.0. The predicted octanol–water partition coefficient (Wildman–Crippen LogP) is -0.632. The first-order valence-corrected chi connectivity index (χ1v) is 4.94. The maximum Gasteiger partial charge on any atom is 0.221 e. The van der Waals surface area contributed by atoms with Crippen molar-refractivity contribution in [3.63, 3.8) is 0 Å². The fourth-order valence-corrected chi connectivity index (χ4v) is 0.952. The highest BCUT2D eigenvalue weighted by Gasteiger charge is 2.02. The molecule has 0 atom stereocenters. The number of nitrogens with two attached hydrogens (primary N) is 1. The zero-order chi connectivity index (χ0) is 10.8. The van der Waals surface area contributed by atoms with Crippen LogP contribution < -0.4 is 16.4 Å². The first-order chi connectivity index (χ1) is 6.70. The molecular weight excluding hydrogens is 182 g/mol. The molecule has 0 radical (unpaired) electrons. The topological polar surface area (TPSA) is 84.2 Å². The SMILES string of the molecule is CCNC(=O)CCNC(=O)CCCN. The first kappa shape index (κ1) is 12.9. The van der Waals surface area contributed by atoms with Gasteiger partial charge < -0.3 is 16.4 Å². The summed E-state index contributed by atoms with van der Waals surface area (Å²) in [6.45, 7) is 3.40. The van der Waals surface area contributed by atoms with Gasteiger partial charge in [0.2, 0.25) is 11.8 Å². The molecule has 0 aliphatic rings. The lowest BCUT2D eigenvalue weighted by Crippen LogP contribution is -2.30. The third-order valence-corrected chi connectivity index (χ3v) is 1.66. The second kappa shape index (κ2) is 8.50. The average Bonchev–Trinajstić information content (AvgIpc) is 2.15. The van der Waals surface area contributed by atoms with Crippen molar-refractivity contribution in [2.45, 2.75) is 26.2 Å². The quantitative estimate of drug-likeness (QED) is 0.512. The Hall–Kier alpha value is -1.10. The van der Waals surface area contributed by atoms with Crippen molar-refractivity contribution >= 4 is 11.8 Å².